The lowest BCUT2D eigenvalue weighted by atomic mass is 9.77. The molecule has 1 atom stereocenters. The van der Waals surface area contributed by atoms with Gasteiger partial charge >= 0.3 is 0 Å². The first-order valence-electron chi connectivity index (χ1n) is 9.16. The van der Waals surface area contributed by atoms with E-state index in [2.05, 4.69) is 4.98 Å². The Hall–Kier alpha value is -1.46. The molecule has 0 bridgehead atoms. The number of hydrogen-bond acceptors (Lipinski definition) is 4. The monoisotopic (exact) mass is 330 g/mol. The van der Waals surface area contributed by atoms with Gasteiger partial charge in [-0.15, -0.1) is 0 Å². The maximum absolute atomic E-state index is 12.3. The fraction of sp³-hybridized carbons (Fsp3) is 0.684. The second-order valence-corrected chi connectivity index (χ2v) is 7.42. The summed E-state index contributed by atoms with van der Waals surface area (Å²) in [6.45, 7) is 3.74. The summed E-state index contributed by atoms with van der Waals surface area (Å²) >= 11 is 0. The van der Waals surface area contributed by atoms with Crippen molar-refractivity contribution in [2.24, 2.45) is 11.8 Å². The van der Waals surface area contributed by atoms with Crippen LogP contribution in [0.1, 0.15) is 37.7 Å². The molecule has 2 saturated heterocycles. The molecule has 1 aliphatic carbocycles. The van der Waals surface area contributed by atoms with Crippen LogP contribution in [0, 0.1) is 11.8 Å². The second kappa shape index (κ2) is 6.81. The van der Waals surface area contributed by atoms with Crippen LogP contribution in [0.4, 0.5) is 0 Å². The summed E-state index contributed by atoms with van der Waals surface area (Å²) in [7, 11) is 0. The number of carbonyl (C=O) groups excluding carboxylic acids is 1. The molecule has 1 aromatic heterocycles. The van der Waals surface area contributed by atoms with Gasteiger partial charge < -0.3 is 14.4 Å². The van der Waals surface area contributed by atoms with Gasteiger partial charge in [0.25, 0.3) is 0 Å². The summed E-state index contributed by atoms with van der Waals surface area (Å²) in [4.78, 5) is 18.4. The zero-order valence-electron chi connectivity index (χ0n) is 14.2. The van der Waals surface area contributed by atoms with Gasteiger partial charge in [-0.25, -0.2) is 0 Å². The smallest absolute Gasteiger partial charge is 0.225 e. The molecule has 1 aromatic rings. The van der Waals surface area contributed by atoms with Crippen molar-refractivity contribution in [2.45, 2.75) is 44.3 Å². The minimum absolute atomic E-state index is 0.0862. The van der Waals surface area contributed by atoms with Gasteiger partial charge in [-0.2, -0.15) is 0 Å². The third-order valence-corrected chi connectivity index (χ3v) is 5.89. The second-order valence-electron chi connectivity index (χ2n) is 7.42. The predicted molar refractivity (Wildman–Crippen MR) is 89.2 cm³/mol. The number of amides is 1. The Morgan fingerprint density at radius 3 is 2.96 bits per heavy atom. The van der Waals surface area contributed by atoms with Crippen LogP contribution in [0.15, 0.2) is 24.5 Å². The lowest BCUT2D eigenvalue weighted by Crippen LogP contribution is -2.67. The first kappa shape index (κ1) is 16.0. The molecule has 4 rings (SSSR count). The maximum atomic E-state index is 12.3. The van der Waals surface area contributed by atoms with Crippen molar-refractivity contribution in [1.29, 1.82) is 0 Å². The highest BCUT2D eigenvalue weighted by Gasteiger charge is 2.54. The molecule has 3 heterocycles. The Kier molecular flexibility index (Phi) is 4.55. The van der Waals surface area contributed by atoms with E-state index in [1.165, 1.54) is 6.42 Å². The number of aromatic nitrogens is 1. The normalized spacial score (nSPS) is 25.5. The Bertz CT molecular complexity index is 567. The molecule has 1 saturated carbocycles. The topological polar surface area (TPSA) is 51.7 Å². The molecule has 1 amide bonds. The molecule has 1 spiro atoms. The van der Waals surface area contributed by atoms with Crippen molar-refractivity contribution in [3.8, 4) is 0 Å². The van der Waals surface area contributed by atoms with Crippen molar-refractivity contribution in [2.75, 3.05) is 26.3 Å². The molecule has 0 N–H and O–H groups in total. The summed E-state index contributed by atoms with van der Waals surface area (Å²) in [6, 6.07) is 3.96. The number of ether oxygens (including phenoxy) is 2. The minimum atomic E-state index is -0.0862. The van der Waals surface area contributed by atoms with Gasteiger partial charge in [0.15, 0.2) is 0 Å². The van der Waals surface area contributed by atoms with Crippen molar-refractivity contribution in [3.63, 3.8) is 0 Å². The van der Waals surface area contributed by atoms with E-state index in [0.29, 0.717) is 24.3 Å². The van der Waals surface area contributed by atoms with Crippen molar-refractivity contribution in [3.05, 3.63) is 30.1 Å². The van der Waals surface area contributed by atoms with E-state index in [4.69, 9.17) is 9.47 Å². The van der Waals surface area contributed by atoms with Gasteiger partial charge in [0.05, 0.1) is 19.7 Å². The molecule has 24 heavy (non-hydrogen) atoms. The molecule has 0 aromatic carbocycles. The fourth-order valence-corrected chi connectivity index (χ4v) is 4.11. The molecule has 0 radical (unpaired) electrons. The number of likely N-dealkylation sites (tertiary alicyclic amines) is 1. The molecule has 2 aliphatic heterocycles. The standard InChI is InChI=1S/C19H26N2O3/c22-18(16-4-1-5-16)21-13-19(14-21)17(7-10-24-19)6-9-23-12-15-3-2-8-20-11-15/h2-3,8,11,16-17H,1,4-7,9-10,12-14H2/t17-/m1/s1. The first-order chi connectivity index (χ1) is 11.8. The number of hydrogen-bond donors (Lipinski definition) is 0. The lowest BCUT2D eigenvalue weighted by molar-refractivity contribution is -0.172. The zero-order valence-corrected chi connectivity index (χ0v) is 14.2. The lowest BCUT2D eigenvalue weighted by Gasteiger charge is -2.51. The van der Waals surface area contributed by atoms with Crippen molar-refractivity contribution in [1.82, 2.24) is 9.88 Å². The van der Waals surface area contributed by atoms with E-state index < -0.39 is 0 Å². The largest absolute Gasteiger partial charge is 0.377 e. The highest BCUT2D eigenvalue weighted by Crippen LogP contribution is 2.43. The summed E-state index contributed by atoms with van der Waals surface area (Å²) in [6.07, 6.45) is 9.08. The average Bonchev–Trinajstić information content (AvgIpc) is 2.93. The van der Waals surface area contributed by atoms with Crippen LogP contribution in [0.25, 0.3) is 0 Å². The Morgan fingerprint density at radius 2 is 2.25 bits per heavy atom. The summed E-state index contributed by atoms with van der Waals surface area (Å²) in [5.74, 6) is 1.16. The van der Waals surface area contributed by atoms with Crippen molar-refractivity contribution < 1.29 is 14.3 Å². The van der Waals surface area contributed by atoms with Crippen molar-refractivity contribution >= 4 is 5.91 Å². The molecule has 5 nitrogen and oxygen atoms in total. The van der Waals surface area contributed by atoms with E-state index in [-0.39, 0.29) is 5.60 Å². The third kappa shape index (κ3) is 3.07. The van der Waals surface area contributed by atoms with Gasteiger partial charge in [-0.3, -0.25) is 9.78 Å². The first-order valence-corrected chi connectivity index (χ1v) is 9.16. The quantitative estimate of drug-likeness (QED) is 0.752. The SMILES string of the molecule is O=C(C1CCC1)N1CC2(C1)OCC[C@H]2CCOCc1cccnc1. The van der Waals surface area contributed by atoms with E-state index in [9.17, 15) is 4.79 Å². The Morgan fingerprint density at radius 1 is 1.38 bits per heavy atom. The predicted octanol–water partition coefficient (Wildman–Crippen LogP) is 2.41. The fourth-order valence-electron chi connectivity index (χ4n) is 4.11. The molecule has 3 fully saturated rings. The summed E-state index contributed by atoms with van der Waals surface area (Å²) in [5.41, 5.74) is 1.02. The minimum Gasteiger partial charge on any atom is -0.377 e. The van der Waals surface area contributed by atoms with Gasteiger partial charge in [0.1, 0.15) is 5.60 Å². The average molecular weight is 330 g/mol. The number of rotatable bonds is 6. The van der Waals surface area contributed by atoms with Crippen LogP contribution >= 0.6 is 0 Å². The highest BCUT2D eigenvalue weighted by molar-refractivity contribution is 5.80. The molecular weight excluding hydrogens is 304 g/mol. The molecule has 130 valence electrons. The number of nitrogens with zero attached hydrogens (tertiary/aromatic N) is 2. The molecule has 0 unspecified atom stereocenters. The summed E-state index contributed by atoms with van der Waals surface area (Å²) < 4.78 is 11.9. The van der Waals surface area contributed by atoms with E-state index in [0.717, 1.165) is 57.6 Å². The van der Waals surface area contributed by atoms with Crippen LogP contribution in [0.5, 0.6) is 0 Å². The van der Waals surface area contributed by atoms with Crippen LogP contribution < -0.4 is 0 Å². The van der Waals surface area contributed by atoms with E-state index >= 15 is 0 Å². The van der Waals surface area contributed by atoms with E-state index in [1.54, 1.807) is 6.20 Å². The summed E-state index contributed by atoms with van der Waals surface area (Å²) in [5, 5.41) is 0. The third-order valence-electron chi connectivity index (χ3n) is 5.89. The van der Waals surface area contributed by atoms with Gasteiger partial charge in [-0.1, -0.05) is 12.5 Å². The number of pyridine rings is 1. The van der Waals surface area contributed by atoms with E-state index in [1.807, 2.05) is 23.2 Å². The van der Waals surface area contributed by atoms with Crippen LogP contribution in [-0.4, -0.2) is 47.7 Å². The molecular formula is C19H26N2O3. The zero-order chi connectivity index (χ0) is 16.4. The van der Waals surface area contributed by atoms with Crippen LogP contribution in [0.2, 0.25) is 0 Å². The number of carbonyl (C=O) groups is 1. The molecule has 3 aliphatic rings. The van der Waals surface area contributed by atoms with Gasteiger partial charge in [0.2, 0.25) is 5.91 Å². The van der Waals surface area contributed by atoms with Crippen LogP contribution in [0.3, 0.4) is 0 Å². The Balaban J connectivity index is 1.22. The highest BCUT2D eigenvalue weighted by atomic mass is 16.5. The van der Waals surface area contributed by atoms with Crippen LogP contribution in [-0.2, 0) is 20.9 Å². The van der Waals surface area contributed by atoms with Gasteiger partial charge in [-0.05, 0) is 43.2 Å². The van der Waals surface area contributed by atoms with Gasteiger partial charge in [0, 0.05) is 31.5 Å². The Labute approximate surface area is 143 Å². The molecule has 5 heteroatoms. The maximum Gasteiger partial charge on any atom is 0.225 e.